The molecule has 1 aromatic rings. The first-order chi connectivity index (χ1) is 7.16. The van der Waals surface area contributed by atoms with Crippen LogP contribution in [-0.4, -0.2) is 16.5 Å². The third-order valence-electron chi connectivity index (χ3n) is 3.10. The molecule has 0 saturated heterocycles. The average molecular weight is 205 g/mol. The van der Waals surface area contributed by atoms with Gasteiger partial charge in [-0.05, 0) is 24.2 Å². The van der Waals surface area contributed by atoms with Crippen LogP contribution in [0.4, 0.5) is 5.82 Å². The number of nitrogens with zero attached hydrogens (tertiary/aromatic N) is 2. The van der Waals surface area contributed by atoms with E-state index in [4.69, 9.17) is 0 Å². The van der Waals surface area contributed by atoms with E-state index in [-0.39, 0.29) is 0 Å². The summed E-state index contributed by atoms with van der Waals surface area (Å²) >= 11 is 0. The SMILES string of the molecule is CC(C)c1cc(NCC2CC2C)ncn1. The Morgan fingerprint density at radius 1 is 1.47 bits per heavy atom. The van der Waals surface area contributed by atoms with Gasteiger partial charge in [-0.15, -0.1) is 0 Å². The molecule has 2 unspecified atom stereocenters. The molecule has 1 N–H and O–H groups in total. The van der Waals surface area contributed by atoms with Crippen LogP contribution in [0.3, 0.4) is 0 Å². The highest BCUT2D eigenvalue weighted by Crippen LogP contribution is 2.37. The van der Waals surface area contributed by atoms with E-state index in [1.54, 1.807) is 6.33 Å². The molecule has 1 fully saturated rings. The molecule has 3 heteroatoms. The second-order valence-corrected chi connectivity index (χ2v) is 4.84. The lowest BCUT2D eigenvalue weighted by Crippen LogP contribution is -2.07. The minimum Gasteiger partial charge on any atom is -0.370 e. The lowest BCUT2D eigenvalue weighted by molar-refractivity contribution is 0.779. The van der Waals surface area contributed by atoms with Gasteiger partial charge in [-0.2, -0.15) is 0 Å². The van der Waals surface area contributed by atoms with Crippen LogP contribution in [0.2, 0.25) is 0 Å². The molecule has 0 radical (unpaired) electrons. The lowest BCUT2D eigenvalue weighted by atomic mass is 10.1. The molecule has 2 atom stereocenters. The largest absolute Gasteiger partial charge is 0.370 e. The van der Waals surface area contributed by atoms with E-state index >= 15 is 0 Å². The van der Waals surface area contributed by atoms with Gasteiger partial charge in [0.05, 0.1) is 0 Å². The molecule has 1 aliphatic carbocycles. The number of hydrogen-bond acceptors (Lipinski definition) is 3. The highest BCUT2D eigenvalue weighted by Gasteiger charge is 2.31. The molecule has 0 amide bonds. The Kier molecular flexibility index (Phi) is 2.89. The molecule has 0 aromatic carbocycles. The van der Waals surface area contributed by atoms with Gasteiger partial charge >= 0.3 is 0 Å². The lowest BCUT2D eigenvalue weighted by Gasteiger charge is -2.07. The second kappa shape index (κ2) is 4.17. The molecule has 82 valence electrons. The van der Waals surface area contributed by atoms with Crippen molar-refractivity contribution in [1.82, 2.24) is 9.97 Å². The Hall–Kier alpha value is -1.12. The van der Waals surface area contributed by atoms with Crippen LogP contribution in [0.15, 0.2) is 12.4 Å². The van der Waals surface area contributed by atoms with Crippen LogP contribution in [0.1, 0.15) is 38.8 Å². The minimum atomic E-state index is 0.466. The van der Waals surface area contributed by atoms with E-state index in [1.165, 1.54) is 6.42 Å². The Morgan fingerprint density at radius 2 is 2.20 bits per heavy atom. The Bertz CT molecular complexity index is 335. The topological polar surface area (TPSA) is 37.8 Å². The highest BCUT2D eigenvalue weighted by atomic mass is 15.0. The summed E-state index contributed by atoms with van der Waals surface area (Å²) in [5.74, 6) is 3.17. The maximum absolute atomic E-state index is 4.25. The zero-order valence-corrected chi connectivity index (χ0v) is 9.70. The number of hydrogen-bond donors (Lipinski definition) is 1. The third kappa shape index (κ3) is 2.67. The quantitative estimate of drug-likeness (QED) is 0.821. The monoisotopic (exact) mass is 205 g/mol. The first-order valence-corrected chi connectivity index (χ1v) is 5.72. The first kappa shape index (κ1) is 10.4. The van der Waals surface area contributed by atoms with E-state index < -0.39 is 0 Å². The van der Waals surface area contributed by atoms with E-state index in [0.717, 1.165) is 29.9 Å². The zero-order valence-electron chi connectivity index (χ0n) is 9.70. The van der Waals surface area contributed by atoms with E-state index in [9.17, 15) is 0 Å². The van der Waals surface area contributed by atoms with Crippen molar-refractivity contribution in [1.29, 1.82) is 0 Å². The molecule has 1 saturated carbocycles. The van der Waals surface area contributed by atoms with Gasteiger partial charge < -0.3 is 5.32 Å². The Morgan fingerprint density at radius 3 is 2.80 bits per heavy atom. The summed E-state index contributed by atoms with van der Waals surface area (Å²) in [6.07, 6.45) is 3.00. The van der Waals surface area contributed by atoms with Gasteiger partial charge in [0.2, 0.25) is 0 Å². The summed E-state index contributed by atoms with van der Waals surface area (Å²) in [5, 5.41) is 3.38. The van der Waals surface area contributed by atoms with Gasteiger partial charge in [-0.3, -0.25) is 0 Å². The maximum Gasteiger partial charge on any atom is 0.129 e. The summed E-state index contributed by atoms with van der Waals surface area (Å²) in [5.41, 5.74) is 1.11. The smallest absolute Gasteiger partial charge is 0.129 e. The van der Waals surface area contributed by atoms with Crippen LogP contribution in [0.5, 0.6) is 0 Å². The first-order valence-electron chi connectivity index (χ1n) is 5.72. The fourth-order valence-electron chi connectivity index (χ4n) is 1.70. The number of rotatable bonds is 4. The van der Waals surface area contributed by atoms with Crippen molar-refractivity contribution in [2.24, 2.45) is 11.8 Å². The molecule has 0 bridgehead atoms. The fourth-order valence-corrected chi connectivity index (χ4v) is 1.70. The van der Waals surface area contributed by atoms with Crippen LogP contribution in [0.25, 0.3) is 0 Å². The summed E-state index contributed by atoms with van der Waals surface area (Å²) in [6.45, 7) is 7.64. The number of nitrogens with one attached hydrogen (secondary N) is 1. The van der Waals surface area contributed by atoms with Gasteiger partial charge in [0.25, 0.3) is 0 Å². The van der Waals surface area contributed by atoms with Crippen molar-refractivity contribution in [3.8, 4) is 0 Å². The van der Waals surface area contributed by atoms with Crippen molar-refractivity contribution in [2.75, 3.05) is 11.9 Å². The molecule has 1 aliphatic rings. The predicted octanol–water partition coefficient (Wildman–Crippen LogP) is 2.67. The van der Waals surface area contributed by atoms with Crippen molar-refractivity contribution >= 4 is 5.82 Å². The molecule has 0 spiro atoms. The Balaban J connectivity index is 1.93. The minimum absolute atomic E-state index is 0.466. The molecule has 1 aromatic heterocycles. The van der Waals surface area contributed by atoms with E-state index in [1.807, 2.05) is 0 Å². The average Bonchev–Trinajstić information content (AvgIpc) is 2.92. The molecule has 2 rings (SSSR count). The van der Waals surface area contributed by atoms with Gasteiger partial charge in [-0.1, -0.05) is 20.8 Å². The molecule has 1 heterocycles. The van der Waals surface area contributed by atoms with Crippen LogP contribution >= 0.6 is 0 Å². The standard InChI is InChI=1S/C12H19N3/c1-8(2)11-5-12(15-7-14-11)13-6-10-4-9(10)3/h5,7-10H,4,6H2,1-3H3,(H,13,14,15). The van der Waals surface area contributed by atoms with Gasteiger partial charge in [0.15, 0.2) is 0 Å². The molecular weight excluding hydrogens is 186 g/mol. The third-order valence-corrected chi connectivity index (χ3v) is 3.10. The van der Waals surface area contributed by atoms with Crippen molar-refractivity contribution in [3.05, 3.63) is 18.1 Å². The number of anilines is 1. The van der Waals surface area contributed by atoms with E-state index in [2.05, 4.69) is 42.1 Å². The number of aromatic nitrogens is 2. The van der Waals surface area contributed by atoms with Gasteiger partial charge in [-0.25, -0.2) is 9.97 Å². The van der Waals surface area contributed by atoms with Gasteiger partial charge in [0, 0.05) is 18.3 Å². The maximum atomic E-state index is 4.25. The molecular formula is C12H19N3. The Labute approximate surface area is 91.3 Å². The summed E-state index contributed by atoms with van der Waals surface area (Å²) in [4.78, 5) is 8.47. The van der Waals surface area contributed by atoms with Crippen molar-refractivity contribution in [3.63, 3.8) is 0 Å². The normalized spacial score (nSPS) is 24.3. The second-order valence-electron chi connectivity index (χ2n) is 4.84. The zero-order chi connectivity index (χ0) is 10.8. The van der Waals surface area contributed by atoms with E-state index in [0.29, 0.717) is 5.92 Å². The van der Waals surface area contributed by atoms with Gasteiger partial charge in [0.1, 0.15) is 12.1 Å². The fraction of sp³-hybridized carbons (Fsp3) is 0.667. The molecule has 15 heavy (non-hydrogen) atoms. The summed E-state index contributed by atoms with van der Waals surface area (Å²) in [6, 6.07) is 2.05. The van der Waals surface area contributed by atoms with Crippen LogP contribution < -0.4 is 5.32 Å². The summed E-state index contributed by atoms with van der Waals surface area (Å²) < 4.78 is 0. The van der Waals surface area contributed by atoms with Crippen molar-refractivity contribution in [2.45, 2.75) is 33.1 Å². The molecule has 0 aliphatic heterocycles. The summed E-state index contributed by atoms with van der Waals surface area (Å²) in [7, 11) is 0. The highest BCUT2D eigenvalue weighted by molar-refractivity contribution is 5.35. The van der Waals surface area contributed by atoms with Crippen LogP contribution in [-0.2, 0) is 0 Å². The van der Waals surface area contributed by atoms with Crippen LogP contribution in [0, 0.1) is 11.8 Å². The molecule has 3 nitrogen and oxygen atoms in total. The van der Waals surface area contributed by atoms with Crippen molar-refractivity contribution < 1.29 is 0 Å². The predicted molar refractivity (Wildman–Crippen MR) is 61.9 cm³/mol.